The number of phenols is 1. The second-order valence-electron chi connectivity index (χ2n) is 10.3. The van der Waals surface area contributed by atoms with Crippen molar-refractivity contribution in [2.45, 2.75) is 26.1 Å². The summed E-state index contributed by atoms with van der Waals surface area (Å²) in [6.07, 6.45) is -0.572. The van der Waals surface area contributed by atoms with Crippen molar-refractivity contribution in [1.82, 2.24) is 19.0 Å². The number of hydrogen-bond donors (Lipinski definition) is 1. The van der Waals surface area contributed by atoms with E-state index in [1.54, 1.807) is 36.5 Å². The Kier molecular flexibility index (Phi) is 7.60. The van der Waals surface area contributed by atoms with Gasteiger partial charge in [0.25, 0.3) is 0 Å². The molecule has 4 aromatic rings. The number of aryl methyl sites for hydroxylation is 1. The summed E-state index contributed by atoms with van der Waals surface area (Å²) in [5.41, 5.74) is -0.512. The molecule has 2 aromatic carbocycles. The number of hydrogen-bond acceptors (Lipinski definition) is 5. The van der Waals surface area contributed by atoms with Crippen molar-refractivity contribution in [3.05, 3.63) is 82.0 Å². The first-order valence-corrected chi connectivity index (χ1v) is 13.4. The Morgan fingerprint density at radius 3 is 2.17 bits per heavy atom. The van der Waals surface area contributed by atoms with Crippen LogP contribution in [0.5, 0.6) is 5.75 Å². The maximum Gasteiger partial charge on any atom is 0.435 e. The summed E-state index contributed by atoms with van der Waals surface area (Å²) in [5, 5.41) is 11.4. The number of nitrogens with zero attached hydrogens (tertiary/aromatic N) is 5. The number of anilines is 1. The van der Waals surface area contributed by atoms with E-state index in [4.69, 9.17) is 11.6 Å². The summed E-state index contributed by atoms with van der Waals surface area (Å²) in [6.45, 7) is 5.96. The first-order valence-electron chi connectivity index (χ1n) is 13.0. The van der Waals surface area contributed by atoms with E-state index in [0.717, 1.165) is 18.3 Å². The third kappa shape index (κ3) is 5.56. The standard InChI is InChI=1S/C29H28ClF4N5O2/c1-17(2)37-7-9-38(10-8-37)25-13-19(16-35-27(25)29(32,33)34)22-15-20(31)14-21(26(22)40)18-4-5-24(23(30)12-18)39-11-6-36(3)28(39)41/h4-6,11-17,40H,7-10H2,1-3H3. The first kappa shape index (κ1) is 28.7. The monoisotopic (exact) mass is 589 g/mol. The van der Waals surface area contributed by atoms with Crippen LogP contribution in [0.2, 0.25) is 5.02 Å². The smallest absolute Gasteiger partial charge is 0.435 e. The SMILES string of the molecule is CC(C)N1CCN(c2cc(-c3cc(F)cc(-c4ccc(-n5ccn(C)c5=O)c(Cl)c4)c3O)cnc2C(F)(F)F)CC1. The molecule has 0 spiro atoms. The summed E-state index contributed by atoms with van der Waals surface area (Å²) < 4.78 is 59.5. The second-order valence-corrected chi connectivity index (χ2v) is 10.7. The number of phenolic OH excluding ortho intramolecular Hbond substituents is 1. The molecule has 1 aliphatic rings. The molecule has 3 heterocycles. The lowest BCUT2D eigenvalue weighted by atomic mass is 9.97. The van der Waals surface area contributed by atoms with Crippen LogP contribution in [0.1, 0.15) is 19.5 Å². The van der Waals surface area contributed by atoms with Crippen molar-refractivity contribution in [3.63, 3.8) is 0 Å². The molecule has 5 rings (SSSR count). The van der Waals surface area contributed by atoms with Gasteiger partial charge in [0.2, 0.25) is 0 Å². The number of imidazole rings is 1. The molecular weight excluding hydrogens is 562 g/mol. The van der Waals surface area contributed by atoms with Crippen molar-refractivity contribution < 1.29 is 22.7 Å². The summed E-state index contributed by atoms with van der Waals surface area (Å²) in [6, 6.07) is 8.37. The molecule has 1 aliphatic heterocycles. The quantitative estimate of drug-likeness (QED) is 0.291. The van der Waals surface area contributed by atoms with Crippen LogP contribution in [0, 0.1) is 5.82 Å². The van der Waals surface area contributed by atoms with Gasteiger partial charge in [-0.2, -0.15) is 13.2 Å². The largest absolute Gasteiger partial charge is 0.507 e. The fraction of sp³-hybridized carbons (Fsp3) is 0.310. The predicted molar refractivity (Wildman–Crippen MR) is 150 cm³/mol. The maximum atomic E-state index is 14.9. The van der Waals surface area contributed by atoms with Crippen molar-refractivity contribution in [2.24, 2.45) is 7.05 Å². The number of alkyl halides is 3. The number of benzene rings is 2. The molecule has 41 heavy (non-hydrogen) atoms. The molecule has 216 valence electrons. The molecule has 12 heteroatoms. The van der Waals surface area contributed by atoms with Crippen LogP contribution in [0.3, 0.4) is 0 Å². The van der Waals surface area contributed by atoms with Gasteiger partial charge in [0, 0.05) is 74.5 Å². The molecular formula is C29H28ClF4N5O2. The fourth-order valence-corrected chi connectivity index (χ4v) is 5.37. The van der Waals surface area contributed by atoms with Gasteiger partial charge in [0.15, 0.2) is 5.69 Å². The lowest BCUT2D eigenvalue weighted by Gasteiger charge is -2.38. The van der Waals surface area contributed by atoms with Crippen LogP contribution < -0.4 is 10.6 Å². The minimum atomic E-state index is -4.70. The minimum Gasteiger partial charge on any atom is -0.507 e. The molecule has 0 atom stereocenters. The van der Waals surface area contributed by atoms with E-state index < -0.39 is 17.7 Å². The van der Waals surface area contributed by atoms with E-state index in [0.29, 0.717) is 37.4 Å². The van der Waals surface area contributed by atoms with Gasteiger partial charge in [-0.05, 0) is 49.7 Å². The topological polar surface area (TPSA) is 66.5 Å². The molecule has 0 radical (unpaired) electrons. The predicted octanol–water partition coefficient (Wildman–Crippen LogP) is 5.95. The van der Waals surface area contributed by atoms with Gasteiger partial charge >= 0.3 is 11.9 Å². The van der Waals surface area contributed by atoms with E-state index in [1.807, 2.05) is 13.8 Å². The van der Waals surface area contributed by atoms with E-state index in [2.05, 4.69) is 9.88 Å². The molecule has 0 unspecified atom stereocenters. The normalized spacial score (nSPS) is 14.7. The van der Waals surface area contributed by atoms with Crippen LogP contribution in [-0.2, 0) is 13.2 Å². The first-order chi connectivity index (χ1) is 19.3. The van der Waals surface area contributed by atoms with Crippen LogP contribution in [-0.4, -0.2) is 56.3 Å². The Balaban J connectivity index is 1.56. The van der Waals surface area contributed by atoms with Gasteiger partial charge in [0.1, 0.15) is 11.6 Å². The molecule has 2 aromatic heterocycles. The average molecular weight is 590 g/mol. The Morgan fingerprint density at radius 2 is 1.61 bits per heavy atom. The molecule has 0 aliphatic carbocycles. The van der Waals surface area contributed by atoms with E-state index in [-0.39, 0.29) is 44.9 Å². The number of aromatic hydroxyl groups is 1. The van der Waals surface area contributed by atoms with Crippen LogP contribution in [0.15, 0.2) is 59.8 Å². The van der Waals surface area contributed by atoms with Gasteiger partial charge in [-0.1, -0.05) is 17.7 Å². The van der Waals surface area contributed by atoms with Crippen LogP contribution >= 0.6 is 11.6 Å². The molecule has 1 saturated heterocycles. The molecule has 0 saturated carbocycles. The van der Waals surface area contributed by atoms with E-state index >= 15 is 0 Å². The molecule has 7 nitrogen and oxygen atoms in total. The van der Waals surface area contributed by atoms with Gasteiger partial charge in [-0.15, -0.1) is 0 Å². The van der Waals surface area contributed by atoms with Crippen molar-refractivity contribution in [2.75, 3.05) is 31.1 Å². The highest BCUT2D eigenvalue weighted by Gasteiger charge is 2.38. The highest BCUT2D eigenvalue weighted by Crippen LogP contribution is 2.43. The average Bonchev–Trinajstić information content (AvgIpc) is 3.26. The molecule has 1 N–H and O–H groups in total. The van der Waals surface area contributed by atoms with E-state index in [1.165, 1.54) is 21.3 Å². The number of aromatic nitrogens is 3. The van der Waals surface area contributed by atoms with Crippen LogP contribution in [0.4, 0.5) is 23.2 Å². The van der Waals surface area contributed by atoms with Gasteiger partial charge < -0.3 is 14.6 Å². The number of pyridine rings is 1. The van der Waals surface area contributed by atoms with Crippen molar-refractivity contribution >= 4 is 17.3 Å². The van der Waals surface area contributed by atoms with Crippen LogP contribution in [0.25, 0.3) is 27.9 Å². The summed E-state index contributed by atoms with van der Waals surface area (Å²) in [5.74, 6) is -1.05. The number of piperazine rings is 1. The zero-order valence-electron chi connectivity index (χ0n) is 22.6. The number of halogens is 5. The zero-order valence-corrected chi connectivity index (χ0v) is 23.3. The third-order valence-electron chi connectivity index (χ3n) is 7.37. The lowest BCUT2D eigenvalue weighted by Crippen LogP contribution is -2.49. The fourth-order valence-electron chi connectivity index (χ4n) is 5.10. The summed E-state index contributed by atoms with van der Waals surface area (Å²) >= 11 is 6.47. The highest BCUT2D eigenvalue weighted by atomic mass is 35.5. The Morgan fingerprint density at radius 1 is 0.951 bits per heavy atom. The number of rotatable bonds is 5. The Bertz CT molecular complexity index is 1660. The lowest BCUT2D eigenvalue weighted by molar-refractivity contribution is -0.140. The molecule has 1 fully saturated rings. The van der Waals surface area contributed by atoms with Crippen molar-refractivity contribution in [1.29, 1.82) is 0 Å². The molecule has 0 bridgehead atoms. The highest BCUT2D eigenvalue weighted by molar-refractivity contribution is 6.32. The summed E-state index contributed by atoms with van der Waals surface area (Å²) in [4.78, 5) is 19.9. The maximum absolute atomic E-state index is 14.9. The molecule has 0 amide bonds. The Labute approximate surface area is 238 Å². The van der Waals surface area contributed by atoms with Gasteiger partial charge in [-0.3, -0.25) is 9.47 Å². The van der Waals surface area contributed by atoms with Gasteiger partial charge in [-0.25, -0.2) is 14.2 Å². The van der Waals surface area contributed by atoms with E-state index in [9.17, 15) is 27.5 Å². The van der Waals surface area contributed by atoms with Gasteiger partial charge in [0.05, 0.1) is 16.4 Å². The third-order valence-corrected chi connectivity index (χ3v) is 7.68. The zero-order chi connectivity index (χ0) is 29.6. The Hall–Kier alpha value is -3.83. The second kappa shape index (κ2) is 10.9. The van der Waals surface area contributed by atoms with Crippen molar-refractivity contribution in [3.8, 4) is 33.7 Å². The minimum absolute atomic E-state index is 0.0113. The summed E-state index contributed by atoms with van der Waals surface area (Å²) in [7, 11) is 1.60.